The van der Waals surface area contributed by atoms with E-state index >= 15 is 0 Å². The summed E-state index contributed by atoms with van der Waals surface area (Å²) >= 11 is 0. The van der Waals surface area contributed by atoms with Gasteiger partial charge in [0.2, 0.25) is 0 Å². The molecule has 0 aliphatic rings. The van der Waals surface area contributed by atoms with Crippen LogP contribution < -0.4 is 5.32 Å². The number of benzene rings is 1. The SMILES string of the molecule is CC.CNCC(=O)c1ccc2occc2c1. The Kier molecular flexibility index (Phi) is 4.73. The molecule has 0 amide bonds. The predicted octanol–water partition coefficient (Wildman–Crippen LogP) is 2.86. The molecule has 1 aromatic heterocycles. The third kappa shape index (κ3) is 2.70. The fraction of sp³-hybridized carbons (Fsp3) is 0.308. The number of ketones is 1. The highest BCUT2D eigenvalue weighted by atomic mass is 16.3. The molecule has 0 fully saturated rings. The van der Waals surface area contributed by atoms with Crippen molar-refractivity contribution >= 4 is 16.8 Å². The lowest BCUT2D eigenvalue weighted by Gasteiger charge is -1.99. The Bertz CT molecular complexity index is 460. The molecule has 0 atom stereocenters. The van der Waals surface area contributed by atoms with Gasteiger partial charge in [-0.05, 0) is 31.3 Å². The van der Waals surface area contributed by atoms with Crippen LogP contribution in [0, 0.1) is 0 Å². The van der Waals surface area contributed by atoms with E-state index in [0.717, 1.165) is 11.0 Å². The maximum absolute atomic E-state index is 11.5. The Balaban J connectivity index is 0.000000606. The first kappa shape index (κ1) is 12.5. The second-order valence-corrected chi connectivity index (χ2v) is 3.13. The number of furan rings is 1. The summed E-state index contributed by atoms with van der Waals surface area (Å²) in [6, 6.07) is 7.30. The van der Waals surface area contributed by atoms with Gasteiger partial charge in [0.25, 0.3) is 0 Å². The van der Waals surface area contributed by atoms with Crippen molar-refractivity contribution in [3.05, 3.63) is 36.1 Å². The van der Waals surface area contributed by atoms with Crippen molar-refractivity contribution in [2.24, 2.45) is 0 Å². The Morgan fingerprint density at radius 2 is 2.06 bits per heavy atom. The van der Waals surface area contributed by atoms with E-state index in [1.807, 2.05) is 32.0 Å². The largest absolute Gasteiger partial charge is 0.464 e. The number of Topliss-reactive ketones (excluding diaryl/α,β-unsaturated/α-hetero) is 1. The molecule has 0 aliphatic heterocycles. The number of rotatable bonds is 3. The van der Waals surface area contributed by atoms with Crippen LogP contribution in [-0.4, -0.2) is 19.4 Å². The van der Waals surface area contributed by atoms with Gasteiger partial charge in [-0.1, -0.05) is 13.8 Å². The molecule has 2 rings (SSSR count). The Morgan fingerprint density at radius 1 is 1.31 bits per heavy atom. The molecule has 1 aromatic carbocycles. The number of hydrogen-bond donors (Lipinski definition) is 1. The van der Waals surface area contributed by atoms with E-state index in [1.165, 1.54) is 0 Å². The van der Waals surface area contributed by atoms with Gasteiger partial charge in [-0.25, -0.2) is 0 Å². The lowest BCUT2D eigenvalue weighted by atomic mass is 10.1. The van der Waals surface area contributed by atoms with Crippen LogP contribution in [0.5, 0.6) is 0 Å². The number of carbonyl (C=O) groups excluding carboxylic acids is 1. The molecule has 0 unspecified atom stereocenters. The lowest BCUT2D eigenvalue weighted by molar-refractivity contribution is 0.0993. The Morgan fingerprint density at radius 3 is 2.75 bits per heavy atom. The first-order chi connectivity index (χ1) is 7.81. The van der Waals surface area contributed by atoms with Gasteiger partial charge in [-0.2, -0.15) is 0 Å². The second kappa shape index (κ2) is 6.08. The summed E-state index contributed by atoms with van der Waals surface area (Å²) in [6.07, 6.45) is 1.62. The van der Waals surface area contributed by atoms with Crippen LogP contribution in [0.3, 0.4) is 0 Å². The first-order valence-corrected chi connectivity index (χ1v) is 5.46. The minimum Gasteiger partial charge on any atom is -0.464 e. The van der Waals surface area contributed by atoms with Crippen LogP contribution >= 0.6 is 0 Å². The minimum atomic E-state index is 0.0931. The monoisotopic (exact) mass is 219 g/mol. The smallest absolute Gasteiger partial charge is 0.176 e. The van der Waals surface area contributed by atoms with E-state index in [1.54, 1.807) is 19.4 Å². The normalized spacial score (nSPS) is 9.69. The number of hydrogen-bond acceptors (Lipinski definition) is 3. The standard InChI is InChI=1S/C11H11NO2.C2H6/c1-12-7-10(13)8-2-3-11-9(6-8)4-5-14-11;1-2/h2-6,12H,7H2,1H3;1-2H3. The van der Waals surface area contributed by atoms with Crippen molar-refractivity contribution in [3.63, 3.8) is 0 Å². The van der Waals surface area contributed by atoms with Crippen molar-refractivity contribution in [1.29, 1.82) is 0 Å². The maximum Gasteiger partial charge on any atom is 0.176 e. The summed E-state index contributed by atoms with van der Waals surface area (Å²) < 4.78 is 5.19. The minimum absolute atomic E-state index is 0.0931. The molecule has 0 saturated carbocycles. The Hall–Kier alpha value is -1.61. The number of nitrogens with one attached hydrogen (secondary N) is 1. The maximum atomic E-state index is 11.5. The number of carbonyl (C=O) groups is 1. The molecule has 0 aliphatic carbocycles. The van der Waals surface area contributed by atoms with Gasteiger partial charge in [0.1, 0.15) is 5.58 Å². The van der Waals surface area contributed by atoms with Crippen molar-refractivity contribution in [1.82, 2.24) is 5.32 Å². The van der Waals surface area contributed by atoms with Crippen molar-refractivity contribution in [2.75, 3.05) is 13.6 Å². The zero-order valence-corrected chi connectivity index (χ0v) is 9.91. The summed E-state index contributed by atoms with van der Waals surface area (Å²) in [4.78, 5) is 11.5. The molecule has 16 heavy (non-hydrogen) atoms. The van der Waals surface area contributed by atoms with Gasteiger partial charge in [-0.3, -0.25) is 4.79 Å². The summed E-state index contributed by atoms with van der Waals surface area (Å²) in [5.74, 6) is 0.0931. The van der Waals surface area contributed by atoms with Crippen molar-refractivity contribution in [3.8, 4) is 0 Å². The van der Waals surface area contributed by atoms with Gasteiger partial charge in [-0.15, -0.1) is 0 Å². The molecule has 3 heteroatoms. The summed E-state index contributed by atoms with van der Waals surface area (Å²) in [5, 5.41) is 3.80. The highest BCUT2D eigenvalue weighted by Crippen LogP contribution is 2.16. The van der Waals surface area contributed by atoms with Gasteiger partial charge >= 0.3 is 0 Å². The third-order valence-electron chi connectivity index (χ3n) is 2.11. The molecule has 1 heterocycles. The predicted molar refractivity (Wildman–Crippen MR) is 65.8 cm³/mol. The van der Waals surface area contributed by atoms with E-state index in [0.29, 0.717) is 12.1 Å². The van der Waals surface area contributed by atoms with Crippen LogP contribution in [0.1, 0.15) is 24.2 Å². The van der Waals surface area contributed by atoms with Crippen LogP contribution in [0.2, 0.25) is 0 Å². The van der Waals surface area contributed by atoms with Crippen LogP contribution in [0.15, 0.2) is 34.9 Å². The van der Waals surface area contributed by atoms with Crippen LogP contribution in [0.25, 0.3) is 11.0 Å². The van der Waals surface area contributed by atoms with Crippen molar-refractivity contribution in [2.45, 2.75) is 13.8 Å². The van der Waals surface area contributed by atoms with Gasteiger partial charge in [0.15, 0.2) is 5.78 Å². The molecule has 1 N–H and O–H groups in total. The highest BCUT2D eigenvalue weighted by molar-refractivity contribution is 6.00. The quantitative estimate of drug-likeness (QED) is 0.807. The third-order valence-corrected chi connectivity index (χ3v) is 2.11. The average Bonchev–Trinajstić information content (AvgIpc) is 2.79. The zero-order valence-electron chi connectivity index (χ0n) is 9.91. The van der Waals surface area contributed by atoms with E-state index in [4.69, 9.17) is 4.42 Å². The molecule has 3 nitrogen and oxygen atoms in total. The molecule has 2 aromatic rings. The number of fused-ring (bicyclic) bond motifs is 1. The molecular formula is C13H17NO2. The molecule has 0 bridgehead atoms. The summed E-state index contributed by atoms with van der Waals surface area (Å²) in [5.41, 5.74) is 1.53. The van der Waals surface area contributed by atoms with Crippen LogP contribution in [-0.2, 0) is 0 Å². The fourth-order valence-corrected chi connectivity index (χ4v) is 1.40. The number of likely N-dealkylation sites (N-methyl/N-ethyl adjacent to an activating group) is 1. The molecular weight excluding hydrogens is 202 g/mol. The molecule has 0 saturated heterocycles. The molecule has 0 radical (unpaired) electrons. The van der Waals surface area contributed by atoms with E-state index in [2.05, 4.69) is 5.32 Å². The fourth-order valence-electron chi connectivity index (χ4n) is 1.40. The highest BCUT2D eigenvalue weighted by Gasteiger charge is 2.05. The summed E-state index contributed by atoms with van der Waals surface area (Å²) in [6.45, 7) is 4.36. The van der Waals surface area contributed by atoms with E-state index < -0.39 is 0 Å². The van der Waals surface area contributed by atoms with E-state index in [9.17, 15) is 4.79 Å². The second-order valence-electron chi connectivity index (χ2n) is 3.13. The van der Waals surface area contributed by atoms with Gasteiger partial charge < -0.3 is 9.73 Å². The average molecular weight is 219 g/mol. The van der Waals surface area contributed by atoms with Gasteiger partial charge in [0.05, 0.1) is 12.8 Å². The molecule has 86 valence electrons. The lowest BCUT2D eigenvalue weighted by Crippen LogP contribution is -2.18. The van der Waals surface area contributed by atoms with Gasteiger partial charge in [0, 0.05) is 10.9 Å². The Labute approximate surface area is 95.4 Å². The zero-order chi connectivity index (χ0) is 12.0. The topological polar surface area (TPSA) is 42.2 Å². The van der Waals surface area contributed by atoms with Crippen molar-refractivity contribution < 1.29 is 9.21 Å². The van der Waals surface area contributed by atoms with E-state index in [-0.39, 0.29) is 5.78 Å². The molecule has 0 spiro atoms. The first-order valence-electron chi connectivity index (χ1n) is 5.46. The van der Waals surface area contributed by atoms with Crippen LogP contribution in [0.4, 0.5) is 0 Å². The summed E-state index contributed by atoms with van der Waals surface area (Å²) in [7, 11) is 1.76.